The second-order valence-corrected chi connectivity index (χ2v) is 6.71. The van der Waals surface area contributed by atoms with Crippen LogP contribution in [0.2, 0.25) is 0 Å². The van der Waals surface area contributed by atoms with E-state index in [4.69, 9.17) is 0 Å². The third kappa shape index (κ3) is 11.1. The Hall–Kier alpha value is 0. The van der Waals surface area contributed by atoms with Crippen molar-refractivity contribution in [1.29, 1.82) is 0 Å². The van der Waals surface area contributed by atoms with Gasteiger partial charge < -0.3 is 0 Å². The third-order valence-electron chi connectivity index (χ3n) is 4.59. The Morgan fingerprint density at radius 1 is 0.556 bits per heavy atom. The van der Waals surface area contributed by atoms with Crippen molar-refractivity contribution >= 4 is 0 Å². The molecule has 0 aromatic heterocycles. The van der Waals surface area contributed by atoms with Gasteiger partial charge in [-0.15, -0.1) is 0 Å². The summed E-state index contributed by atoms with van der Waals surface area (Å²) in [7, 11) is 0. The highest BCUT2D eigenvalue weighted by atomic mass is 14.1. The highest BCUT2D eigenvalue weighted by molar-refractivity contribution is 4.59. The number of hydrogen-bond acceptors (Lipinski definition) is 0. The minimum absolute atomic E-state index is 0.926. The van der Waals surface area contributed by atoms with Crippen molar-refractivity contribution < 1.29 is 0 Å². The quantitative estimate of drug-likeness (QED) is 0.335. The van der Waals surface area contributed by atoms with Gasteiger partial charge in [0.05, 0.1) is 0 Å². The molecule has 0 saturated carbocycles. The second-order valence-electron chi connectivity index (χ2n) is 6.71. The molecule has 0 saturated heterocycles. The molecule has 3 atom stereocenters. The first kappa shape index (κ1) is 18.0. The van der Waals surface area contributed by atoms with E-state index in [1.807, 2.05) is 0 Å². The van der Waals surface area contributed by atoms with Crippen LogP contribution in [0.1, 0.15) is 98.8 Å². The highest BCUT2D eigenvalue weighted by Crippen LogP contribution is 2.21. The van der Waals surface area contributed by atoms with E-state index < -0.39 is 0 Å². The average Bonchev–Trinajstić information content (AvgIpc) is 2.36. The molecule has 0 nitrogen and oxygen atoms in total. The highest BCUT2D eigenvalue weighted by Gasteiger charge is 2.06. The summed E-state index contributed by atoms with van der Waals surface area (Å²) in [5, 5.41) is 0. The van der Waals surface area contributed by atoms with Crippen molar-refractivity contribution in [3.8, 4) is 0 Å². The van der Waals surface area contributed by atoms with Crippen LogP contribution in [0.4, 0.5) is 0 Å². The molecule has 0 bridgehead atoms. The lowest BCUT2D eigenvalue weighted by Gasteiger charge is -2.15. The summed E-state index contributed by atoms with van der Waals surface area (Å²) in [4.78, 5) is 0. The van der Waals surface area contributed by atoms with Gasteiger partial charge in [-0.25, -0.2) is 0 Å². The molecule has 0 aromatic carbocycles. The van der Waals surface area contributed by atoms with Crippen molar-refractivity contribution in [1.82, 2.24) is 0 Å². The summed E-state index contributed by atoms with van der Waals surface area (Å²) in [6.07, 6.45) is 14.3. The molecule has 0 heteroatoms. The molecule has 0 aromatic rings. The molecule has 110 valence electrons. The smallest absolute Gasteiger partial charge is 0.0440 e. The Morgan fingerprint density at radius 2 is 1.00 bits per heavy atom. The second kappa shape index (κ2) is 12.1. The maximum Gasteiger partial charge on any atom is -0.0440 e. The zero-order valence-corrected chi connectivity index (χ0v) is 13.8. The molecule has 0 aliphatic carbocycles. The molecule has 18 heavy (non-hydrogen) atoms. The van der Waals surface area contributed by atoms with Crippen LogP contribution in [0.3, 0.4) is 0 Å². The SMILES string of the molecule is CCC(C)CCCCCCCC(C)CC(C)CC. The van der Waals surface area contributed by atoms with Gasteiger partial charge in [-0.1, -0.05) is 92.4 Å². The number of hydrogen-bond donors (Lipinski definition) is 0. The van der Waals surface area contributed by atoms with E-state index in [1.54, 1.807) is 0 Å². The van der Waals surface area contributed by atoms with Crippen LogP contribution in [-0.2, 0) is 0 Å². The van der Waals surface area contributed by atoms with Gasteiger partial charge in [-0.3, -0.25) is 0 Å². The topological polar surface area (TPSA) is 0 Å². The molecule has 0 fully saturated rings. The summed E-state index contributed by atoms with van der Waals surface area (Å²) in [6, 6.07) is 0. The summed E-state index contributed by atoms with van der Waals surface area (Å²) in [6.45, 7) is 11.8. The first-order valence-electron chi connectivity index (χ1n) is 8.60. The first-order valence-corrected chi connectivity index (χ1v) is 8.60. The Balaban J connectivity index is 3.24. The normalized spacial score (nSPS) is 16.5. The molecule has 0 rings (SSSR count). The molecule has 0 spiro atoms. The molecule has 0 N–H and O–H groups in total. The van der Waals surface area contributed by atoms with E-state index in [0.717, 1.165) is 17.8 Å². The summed E-state index contributed by atoms with van der Waals surface area (Å²) in [5.74, 6) is 2.82. The van der Waals surface area contributed by atoms with Crippen LogP contribution >= 0.6 is 0 Å². The van der Waals surface area contributed by atoms with Crippen molar-refractivity contribution in [3.05, 3.63) is 0 Å². The lowest BCUT2D eigenvalue weighted by atomic mass is 9.91. The maximum atomic E-state index is 2.44. The van der Waals surface area contributed by atoms with E-state index >= 15 is 0 Å². The van der Waals surface area contributed by atoms with Crippen molar-refractivity contribution in [2.45, 2.75) is 98.8 Å². The van der Waals surface area contributed by atoms with Crippen molar-refractivity contribution in [2.75, 3.05) is 0 Å². The van der Waals surface area contributed by atoms with Gasteiger partial charge in [0, 0.05) is 0 Å². The predicted octanol–water partition coefficient (Wildman–Crippen LogP) is 6.84. The van der Waals surface area contributed by atoms with E-state index in [0.29, 0.717) is 0 Å². The van der Waals surface area contributed by atoms with E-state index in [2.05, 4.69) is 34.6 Å². The molecule has 0 aliphatic heterocycles. The van der Waals surface area contributed by atoms with Gasteiger partial charge in [0.1, 0.15) is 0 Å². The third-order valence-corrected chi connectivity index (χ3v) is 4.59. The molecule has 0 heterocycles. The van der Waals surface area contributed by atoms with Crippen LogP contribution in [-0.4, -0.2) is 0 Å². The van der Waals surface area contributed by atoms with Gasteiger partial charge in [-0.2, -0.15) is 0 Å². The lowest BCUT2D eigenvalue weighted by molar-refractivity contribution is 0.373. The Bertz CT molecular complexity index is 161. The number of unbranched alkanes of at least 4 members (excludes halogenated alkanes) is 4. The van der Waals surface area contributed by atoms with E-state index in [9.17, 15) is 0 Å². The van der Waals surface area contributed by atoms with Gasteiger partial charge in [0.15, 0.2) is 0 Å². The molecule has 0 aliphatic rings. The van der Waals surface area contributed by atoms with Crippen LogP contribution in [0.15, 0.2) is 0 Å². The van der Waals surface area contributed by atoms with E-state index in [1.165, 1.54) is 64.2 Å². The average molecular weight is 255 g/mol. The maximum absolute atomic E-state index is 2.44. The monoisotopic (exact) mass is 254 g/mol. The summed E-state index contributed by atoms with van der Waals surface area (Å²) < 4.78 is 0. The van der Waals surface area contributed by atoms with Crippen molar-refractivity contribution in [2.24, 2.45) is 17.8 Å². The zero-order chi connectivity index (χ0) is 13.8. The Kier molecular flexibility index (Phi) is 12.1. The van der Waals surface area contributed by atoms with Gasteiger partial charge in [0.2, 0.25) is 0 Å². The van der Waals surface area contributed by atoms with E-state index in [-0.39, 0.29) is 0 Å². The molecular formula is C18H38. The fourth-order valence-corrected chi connectivity index (χ4v) is 2.69. The van der Waals surface area contributed by atoms with Crippen LogP contribution < -0.4 is 0 Å². The minimum atomic E-state index is 0.926. The van der Waals surface area contributed by atoms with Crippen LogP contribution in [0.5, 0.6) is 0 Å². The van der Waals surface area contributed by atoms with Crippen LogP contribution in [0, 0.1) is 17.8 Å². The van der Waals surface area contributed by atoms with Gasteiger partial charge in [0.25, 0.3) is 0 Å². The molecule has 3 unspecified atom stereocenters. The summed E-state index contributed by atoms with van der Waals surface area (Å²) >= 11 is 0. The zero-order valence-electron chi connectivity index (χ0n) is 13.8. The van der Waals surface area contributed by atoms with Crippen molar-refractivity contribution in [3.63, 3.8) is 0 Å². The molecule has 0 amide bonds. The fourth-order valence-electron chi connectivity index (χ4n) is 2.69. The standard InChI is InChI=1S/C18H38/c1-6-16(3)13-11-9-8-10-12-14-18(5)15-17(4)7-2/h16-18H,6-15H2,1-5H3. The van der Waals surface area contributed by atoms with Crippen LogP contribution in [0.25, 0.3) is 0 Å². The largest absolute Gasteiger partial charge is 0.0651 e. The fraction of sp³-hybridized carbons (Fsp3) is 1.00. The number of rotatable bonds is 12. The minimum Gasteiger partial charge on any atom is -0.0651 e. The van der Waals surface area contributed by atoms with Gasteiger partial charge >= 0.3 is 0 Å². The molecule has 0 radical (unpaired) electrons. The summed E-state index contributed by atoms with van der Waals surface area (Å²) in [5.41, 5.74) is 0. The first-order chi connectivity index (χ1) is 8.60. The molecular weight excluding hydrogens is 216 g/mol. The Morgan fingerprint density at radius 3 is 1.50 bits per heavy atom. The van der Waals surface area contributed by atoms with Gasteiger partial charge in [-0.05, 0) is 24.2 Å². The lowest BCUT2D eigenvalue weighted by Crippen LogP contribution is -2.02. The Labute approximate surface area is 117 Å². The predicted molar refractivity (Wildman–Crippen MR) is 85.0 cm³/mol.